The predicted octanol–water partition coefficient (Wildman–Crippen LogP) is 6.87. The number of rotatable bonds is 11. The summed E-state index contributed by atoms with van der Waals surface area (Å²) in [7, 11) is 0. The predicted molar refractivity (Wildman–Crippen MR) is 92.2 cm³/mol. The molecule has 1 aromatic heterocycles. The quantitative estimate of drug-likeness (QED) is 0.401. The van der Waals surface area contributed by atoms with Gasteiger partial charge in [-0.3, -0.25) is 4.98 Å². The van der Waals surface area contributed by atoms with Crippen LogP contribution >= 0.6 is 15.9 Å². The second-order valence-electron chi connectivity index (χ2n) is 5.79. The number of unbranched alkanes of at least 4 members (excludes halogenated alkanes) is 6. The molecule has 0 saturated heterocycles. The van der Waals surface area contributed by atoms with Gasteiger partial charge in [-0.15, -0.1) is 0 Å². The molecule has 0 spiro atoms. The van der Waals surface area contributed by atoms with Gasteiger partial charge in [-0.25, -0.2) is 0 Å². The molecular formula is C18H30BrN. The van der Waals surface area contributed by atoms with Gasteiger partial charge in [0, 0.05) is 16.9 Å². The summed E-state index contributed by atoms with van der Waals surface area (Å²) in [5.74, 6) is 0.709. The third-order valence-electron chi connectivity index (χ3n) is 4.06. The van der Waals surface area contributed by atoms with Gasteiger partial charge in [-0.05, 0) is 46.3 Å². The minimum atomic E-state index is 0.709. The molecule has 2 heteroatoms. The van der Waals surface area contributed by atoms with Crippen LogP contribution in [0.3, 0.4) is 0 Å². The minimum Gasteiger partial charge on any atom is -0.264 e. The Morgan fingerprint density at radius 3 is 2.20 bits per heavy atom. The first-order valence-electron chi connectivity index (χ1n) is 8.39. The molecule has 0 aliphatic carbocycles. The van der Waals surface area contributed by atoms with E-state index in [-0.39, 0.29) is 0 Å². The topological polar surface area (TPSA) is 12.9 Å². The van der Waals surface area contributed by atoms with E-state index in [1.807, 2.05) is 12.4 Å². The number of hydrogen-bond acceptors (Lipinski definition) is 1. The Kier molecular flexibility index (Phi) is 10.00. The van der Waals surface area contributed by atoms with Crippen LogP contribution in [0.1, 0.15) is 89.5 Å². The first-order chi connectivity index (χ1) is 9.79. The van der Waals surface area contributed by atoms with Crippen LogP contribution in [-0.2, 0) is 0 Å². The third-order valence-corrected chi connectivity index (χ3v) is 4.72. The van der Waals surface area contributed by atoms with Crippen molar-refractivity contribution in [3.8, 4) is 0 Å². The Morgan fingerprint density at radius 2 is 1.55 bits per heavy atom. The lowest BCUT2D eigenvalue weighted by Gasteiger charge is -2.18. The molecule has 1 aromatic rings. The van der Waals surface area contributed by atoms with Crippen molar-refractivity contribution in [3.05, 3.63) is 28.5 Å². The molecule has 1 heterocycles. The zero-order valence-electron chi connectivity index (χ0n) is 13.2. The number of halogens is 1. The fraction of sp³-hybridized carbons (Fsp3) is 0.722. The summed E-state index contributed by atoms with van der Waals surface area (Å²) in [4.78, 5) is 4.20. The minimum absolute atomic E-state index is 0.709. The van der Waals surface area contributed by atoms with Gasteiger partial charge >= 0.3 is 0 Å². The van der Waals surface area contributed by atoms with Crippen LogP contribution in [0.15, 0.2) is 22.9 Å². The highest BCUT2D eigenvalue weighted by Gasteiger charge is 2.14. The van der Waals surface area contributed by atoms with Crippen molar-refractivity contribution in [1.29, 1.82) is 0 Å². The lowest BCUT2D eigenvalue weighted by molar-refractivity contribution is 0.496. The van der Waals surface area contributed by atoms with Crippen LogP contribution in [0.2, 0.25) is 0 Å². The molecular weight excluding hydrogens is 310 g/mol. The van der Waals surface area contributed by atoms with Gasteiger partial charge in [-0.1, -0.05) is 65.2 Å². The maximum atomic E-state index is 4.20. The molecule has 0 aliphatic rings. The van der Waals surface area contributed by atoms with E-state index >= 15 is 0 Å². The molecule has 1 nitrogen and oxygen atoms in total. The van der Waals surface area contributed by atoms with Crippen molar-refractivity contribution in [1.82, 2.24) is 4.98 Å². The van der Waals surface area contributed by atoms with Gasteiger partial charge in [0.2, 0.25) is 0 Å². The van der Waals surface area contributed by atoms with E-state index in [9.17, 15) is 0 Å². The van der Waals surface area contributed by atoms with Gasteiger partial charge in [0.25, 0.3) is 0 Å². The fourth-order valence-electron chi connectivity index (χ4n) is 2.81. The molecule has 20 heavy (non-hydrogen) atoms. The Bertz CT molecular complexity index is 351. The lowest BCUT2D eigenvalue weighted by Crippen LogP contribution is -2.01. The molecule has 0 amide bonds. The van der Waals surface area contributed by atoms with Gasteiger partial charge < -0.3 is 0 Å². The van der Waals surface area contributed by atoms with Gasteiger partial charge in [-0.2, -0.15) is 0 Å². The maximum Gasteiger partial charge on any atom is 0.0413 e. The molecule has 114 valence electrons. The standard InChI is InChI=1S/C18H30BrN/c1-3-5-7-8-10-12-16(11-9-6-4-2)17-13-14-20-15-18(17)19/h13-16H,3-12H2,1-2H3. The Balaban J connectivity index is 2.49. The Labute approximate surface area is 133 Å². The van der Waals surface area contributed by atoms with E-state index < -0.39 is 0 Å². The van der Waals surface area contributed by atoms with Gasteiger partial charge in [0.1, 0.15) is 0 Å². The summed E-state index contributed by atoms with van der Waals surface area (Å²) >= 11 is 3.68. The van der Waals surface area contributed by atoms with E-state index in [1.165, 1.54) is 74.2 Å². The Morgan fingerprint density at radius 1 is 0.950 bits per heavy atom. The summed E-state index contributed by atoms with van der Waals surface area (Å²) in [6.07, 6.45) is 17.4. The second-order valence-corrected chi connectivity index (χ2v) is 6.65. The van der Waals surface area contributed by atoms with E-state index in [1.54, 1.807) is 0 Å². The summed E-state index contributed by atoms with van der Waals surface area (Å²) in [6.45, 7) is 4.56. The SMILES string of the molecule is CCCCCCCC(CCCCC)c1ccncc1Br. The molecule has 1 unspecified atom stereocenters. The van der Waals surface area contributed by atoms with Crippen LogP contribution in [0.5, 0.6) is 0 Å². The summed E-state index contributed by atoms with van der Waals surface area (Å²) in [5.41, 5.74) is 1.46. The average molecular weight is 340 g/mol. The molecule has 1 atom stereocenters. The number of nitrogens with zero attached hydrogens (tertiary/aromatic N) is 1. The fourth-order valence-corrected chi connectivity index (χ4v) is 3.38. The van der Waals surface area contributed by atoms with Crippen molar-refractivity contribution >= 4 is 15.9 Å². The molecule has 0 saturated carbocycles. The van der Waals surface area contributed by atoms with E-state index in [2.05, 4.69) is 40.8 Å². The molecule has 0 N–H and O–H groups in total. The largest absolute Gasteiger partial charge is 0.264 e. The van der Waals surface area contributed by atoms with E-state index in [0.717, 1.165) is 0 Å². The summed E-state index contributed by atoms with van der Waals surface area (Å²) in [5, 5.41) is 0. The highest BCUT2D eigenvalue weighted by atomic mass is 79.9. The van der Waals surface area contributed by atoms with Crippen LogP contribution in [0.25, 0.3) is 0 Å². The summed E-state index contributed by atoms with van der Waals surface area (Å²) < 4.78 is 1.19. The summed E-state index contributed by atoms with van der Waals surface area (Å²) in [6, 6.07) is 2.20. The zero-order valence-corrected chi connectivity index (χ0v) is 14.8. The number of hydrogen-bond donors (Lipinski definition) is 0. The number of pyridine rings is 1. The van der Waals surface area contributed by atoms with Crippen LogP contribution < -0.4 is 0 Å². The highest BCUT2D eigenvalue weighted by Crippen LogP contribution is 2.32. The third kappa shape index (κ3) is 6.88. The van der Waals surface area contributed by atoms with Crippen LogP contribution in [-0.4, -0.2) is 4.98 Å². The molecule has 0 aliphatic heterocycles. The highest BCUT2D eigenvalue weighted by molar-refractivity contribution is 9.10. The lowest BCUT2D eigenvalue weighted by atomic mass is 9.89. The number of aromatic nitrogens is 1. The molecule has 0 radical (unpaired) electrons. The average Bonchev–Trinajstić information content (AvgIpc) is 2.46. The maximum absolute atomic E-state index is 4.20. The smallest absolute Gasteiger partial charge is 0.0413 e. The van der Waals surface area contributed by atoms with E-state index in [0.29, 0.717) is 5.92 Å². The zero-order chi connectivity index (χ0) is 14.6. The van der Waals surface area contributed by atoms with Crippen molar-refractivity contribution in [2.45, 2.75) is 84.0 Å². The van der Waals surface area contributed by atoms with Crippen LogP contribution in [0, 0.1) is 0 Å². The normalized spacial score (nSPS) is 12.6. The van der Waals surface area contributed by atoms with Gasteiger partial charge in [0.15, 0.2) is 0 Å². The van der Waals surface area contributed by atoms with Crippen LogP contribution in [0.4, 0.5) is 0 Å². The molecule has 1 rings (SSSR count). The monoisotopic (exact) mass is 339 g/mol. The van der Waals surface area contributed by atoms with Crippen molar-refractivity contribution in [2.24, 2.45) is 0 Å². The molecule has 0 aromatic carbocycles. The van der Waals surface area contributed by atoms with Crippen molar-refractivity contribution in [3.63, 3.8) is 0 Å². The van der Waals surface area contributed by atoms with Crippen molar-refractivity contribution in [2.75, 3.05) is 0 Å². The Hall–Kier alpha value is -0.370. The first kappa shape index (κ1) is 17.7. The van der Waals surface area contributed by atoms with Crippen molar-refractivity contribution < 1.29 is 0 Å². The van der Waals surface area contributed by atoms with Gasteiger partial charge in [0.05, 0.1) is 0 Å². The molecule has 0 bridgehead atoms. The molecule has 0 fully saturated rings. The first-order valence-corrected chi connectivity index (χ1v) is 9.18. The second kappa shape index (κ2) is 11.3. The van der Waals surface area contributed by atoms with E-state index in [4.69, 9.17) is 0 Å².